The molecule has 1 fully saturated rings. The van der Waals surface area contributed by atoms with Crippen LogP contribution in [0.25, 0.3) is 0 Å². The summed E-state index contributed by atoms with van der Waals surface area (Å²) in [5.74, 6) is -0.985. The number of rotatable bonds is 2. The number of hydrogen-bond donors (Lipinski definition) is 1. The summed E-state index contributed by atoms with van der Waals surface area (Å²) in [6.07, 6.45) is 1.92. The number of carboxylic acid groups (broad SMARTS) is 1. The number of likely N-dealkylation sites (tertiary alicyclic amines) is 1. The Labute approximate surface area is 123 Å². The van der Waals surface area contributed by atoms with Crippen LogP contribution in [0.3, 0.4) is 0 Å². The van der Waals surface area contributed by atoms with E-state index in [1.807, 2.05) is 20.8 Å². The van der Waals surface area contributed by atoms with Crippen molar-refractivity contribution >= 4 is 12.1 Å². The SMILES string of the molecule is Cc1nn(C2CCN(C(=O)OC(C)(C)C)C2)cc1C(=O)O. The van der Waals surface area contributed by atoms with Crippen LogP contribution in [0.4, 0.5) is 4.79 Å². The molecule has 1 N–H and O–H groups in total. The predicted octanol–water partition coefficient (Wildman–Crippen LogP) is 2.07. The summed E-state index contributed by atoms with van der Waals surface area (Å²) in [5.41, 5.74) is 0.164. The second-order valence-corrected chi connectivity index (χ2v) is 6.28. The largest absolute Gasteiger partial charge is 0.478 e. The number of hydrogen-bond acceptors (Lipinski definition) is 4. The molecule has 1 saturated heterocycles. The molecule has 116 valence electrons. The second kappa shape index (κ2) is 5.38. The minimum absolute atomic E-state index is 0.00989. The molecule has 1 amide bonds. The maximum Gasteiger partial charge on any atom is 0.410 e. The van der Waals surface area contributed by atoms with Crippen LogP contribution in [-0.4, -0.2) is 50.5 Å². The molecule has 1 aliphatic heterocycles. The number of amides is 1. The number of aryl methyl sites for hydroxylation is 1. The van der Waals surface area contributed by atoms with Gasteiger partial charge in [0, 0.05) is 19.3 Å². The maximum absolute atomic E-state index is 12.0. The van der Waals surface area contributed by atoms with Gasteiger partial charge in [-0.2, -0.15) is 5.10 Å². The van der Waals surface area contributed by atoms with Crippen LogP contribution in [0, 0.1) is 6.92 Å². The third-order valence-corrected chi connectivity index (χ3v) is 3.34. The quantitative estimate of drug-likeness (QED) is 0.902. The number of carbonyl (C=O) groups excluding carboxylic acids is 1. The van der Waals surface area contributed by atoms with Gasteiger partial charge >= 0.3 is 12.1 Å². The predicted molar refractivity (Wildman–Crippen MR) is 75.4 cm³/mol. The molecule has 0 bridgehead atoms. The third-order valence-electron chi connectivity index (χ3n) is 3.34. The Morgan fingerprint density at radius 3 is 2.62 bits per heavy atom. The molecule has 0 aliphatic carbocycles. The van der Waals surface area contributed by atoms with Crippen molar-refractivity contribution in [1.29, 1.82) is 0 Å². The standard InChI is InChI=1S/C14H21N3O4/c1-9-11(12(18)19)8-17(15-9)10-5-6-16(7-10)13(20)21-14(2,3)4/h8,10H,5-7H2,1-4H3,(H,18,19). The van der Waals surface area contributed by atoms with Crippen LogP contribution >= 0.6 is 0 Å². The smallest absolute Gasteiger partial charge is 0.410 e. The van der Waals surface area contributed by atoms with Gasteiger partial charge in [0.05, 0.1) is 11.7 Å². The minimum atomic E-state index is -0.985. The van der Waals surface area contributed by atoms with Crippen molar-refractivity contribution in [2.75, 3.05) is 13.1 Å². The Morgan fingerprint density at radius 2 is 2.10 bits per heavy atom. The fraction of sp³-hybridized carbons (Fsp3) is 0.643. The Balaban J connectivity index is 2.04. The molecular weight excluding hydrogens is 274 g/mol. The fourth-order valence-electron chi connectivity index (χ4n) is 2.33. The lowest BCUT2D eigenvalue weighted by Crippen LogP contribution is -2.35. The first-order valence-electron chi connectivity index (χ1n) is 6.94. The molecule has 0 radical (unpaired) electrons. The molecule has 7 nitrogen and oxygen atoms in total. The molecule has 2 heterocycles. The number of ether oxygens (including phenoxy) is 1. The van der Waals surface area contributed by atoms with Gasteiger partial charge in [0.1, 0.15) is 11.2 Å². The van der Waals surface area contributed by atoms with Crippen molar-refractivity contribution in [2.45, 2.75) is 45.8 Å². The van der Waals surface area contributed by atoms with E-state index < -0.39 is 11.6 Å². The van der Waals surface area contributed by atoms with Crippen LogP contribution in [0.1, 0.15) is 49.3 Å². The number of nitrogens with zero attached hydrogens (tertiary/aromatic N) is 3. The molecule has 2 rings (SSSR count). The lowest BCUT2D eigenvalue weighted by molar-refractivity contribution is 0.0288. The van der Waals surface area contributed by atoms with Crippen LogP contribution in [0.2, 0.25) is 0 Å². The second-order valence-electron chi connectivity index (χ2n) is 6.28. The number of carbonyl (C=O) groups is 2. The molecule has 1 atom stereocenters. The van der Waals surface area contributed by atoms with Crippen LogP contribution in [-0.2, 0) is 4.74 Å². The van der Waals surface area contributed by atoms with Gasteiger partial charge in [0.15, 0.2) is 0 Å². The average Bonchev–Trinajstić information content (AvgIpc) is 2.92. The third kappa shape index (κ3) is 3.53. The van der Waals surface area contributed by atoms with E-state index in [-0.39, 0.29) is 17.7 Å². The molecule has 0 saturated carbocycles. The van der Waals surface area contributed by atoms with E-state index in [1.54, 1.807) is 16.5 Å². The zero-order valence-corrected chi connectivity index (χ0v) is 12.8. The maximum atomic E-state index is 12.0. The zero-order valence-electron chi connectivity index (χ0n) is 12.8. The number of aromatic carboxylic acids is 1. The van der Waals surface area contributed by atoms with Gasteiger partial charge in [0.2, 0.25) is 0 Å². The van der Waals surface area contributed by atoms with Gasteiger partial charge in [-0.05, 0) is 34.1 Å². The number of aromatic nitrogens is 2. The Hall–Kier alpha value is -2.05. The van der Waals surface area contributed by atoms with Crippen LogP contribution < -0.4 is 0 Å². The topological polar surface area (TPSA) is 84.7 Å². The first-order valence-corrected chi connectivity index (χ1v) is 6.94. The highest BCUT2D eigenvalue weighted by Crippen LogP contribution is 2.24. The summed E-state index contributed by atoms with van der Waals surface area (Å²) in [6, 6.07) is -0.00989. The van der Waals surface area contributed by atoms with Crippen LogP contribution in [0.15, 0.2) is 6.20 Å². The molecule has 0 spiro atoms. The van der Waals surface area contributed by atoms with Gasteiger partial charge < -0.3 is 14.7 Å². The van der Waals surface area contributed by atoms with E-state index in [1.165, 1.54) is 6.20 Å². The first kappa shape index (κ1) is 15.3. The molecule has 21 heavy (non-hydrogen) atoms. The molecule has 1 aliphatic rings. The van der Waals surface area contributed by atoms with Gasteiger partial charge in [-0.25, -0.2) is 9.59 Å². The summed E-state index contributed by atoms with van der Waals surface area (Å²) in [5, 5.41) is 13.3. The van der Waals surface area contributed by atoms with E-state index in [2.05, 4.69) is 5.10 Å². The zero-order chi connectivity index (χ0) is 15.8. The monoisotopic (exact) mass is 295 g/mol. The van der Waals surface area contributed by atoms with E-state index in [0.717, 1.165) is 6.42 Å². The van der Waals surface area contributed by atoms with E-state index in [0.29, 0.717) is 18.8 Å². The van der Waals surface area contributed by atoms with Crippen molar-refractivity contribution in [2.24, 2.45) is 0 Å². The molecule has 7 heteroatoms. The average molecular weight is 295 g/mol. The highest BCUT2D eigenvalue weighted by atomic mass is 16.6. The Morgan fingerprint density at radius 1 is 1.43 bits per heavy atom. The Kier molecular flexibility index (Phi) is 3.93. The molecular formula is C14H21N3O4. The lowest BCUT2D eigenvalue weighted by atomic mass is 10.2. The van der Waals surface area contributed by atoms with Crippen molar-refractivity contribution in [3.05, 3.63) is 17.5 Å². The highest BCUT2D eigenvalue weighted by molar-refractivity contribution is 5.88. The van der Waals surface area contributed by atoms with Gasteiger partial charge in [-0.3, -0.25) is 4.68 Å². The molecule has 1 unspecified atom stereocenters. The molecule has 0 aromatic carbocycles. The lowest BCUT2D eigenvalue weighted by Gasteiger charge is -2.24. The normalized spacial score (nSPS) is 18.9. The summed E-state index contributed by atoms with van der Waals surface area (Å²) < 4.78 is 6.98. The molecule has 1 aromatic rings. The summed E-state index contributed by atoms with van der Waals surface area (Å²) in [7, 11) is 0. The first-order chi connectivity index (χ1) is 9.67. The van der Waals surface area contributed by atoms with Crippen molar-refractivity contribution in [1.82, 2.24) is 14.7 Å². The van der Waals surface area contributed by atoms with E-state index >= 15 is 0 Å². The van der Waals surface area contributed by atoms with Crippen molar-refractivity contribution in [3.63, 3.8) is 0 Å². The fourth-order valence-corrected chi connectivity index (χ4v) is 2.33. The molecule has 1 aromatic heterocycles. The van der Waals surface area contributed by atoms with Crippen LogP contribution in [0.5, 0.6) is 0 Å². The number of carboxylic acids is 1. The van der Waals surface area contributed by atoms with E-state index in [4.69, 9.17) is 9.84 Å². The Bertz CT molecular complexity index is 559. The van der Waals surface area contributed by atoms with Gasteiger partial charge in [-0.1, -0.05) is 0 Å². The minimum Gasteiger partial charge on any atom is -0.478 e. The van der Waals surface area contributed by atoms with Gasteiger partial charge in [0.25, 0.3) is 0 Å². The highest BCUT2D eigenvalue weighted by Gasteiger charge is 2.31. The summed E-state index contributed by atoms with van der Waals surface area (Å²) in [6.45, 7) is 8.22. The van der Waals surface area contributed by atoms with E-state index in [9.17, 15) is 9.59 Å². The van der Waals surface area contributed by atoms with Crippen molar-refractivity contribution in [3.8, 4) is 0 Å². The van der Waals surface area contributed by atoms with Crippen molar-refractivity contribution < 1.29 is 19.4 Å². The van der Waals surface area contributed by atoms with Gasteiger partial charge in [-0.15, -0.1) is 0 Å². The summed E-state index contributed by atoms with van der Waals surface area (Å²) in [4.78, 5) is 24.7. The summed E-state index contributed by atoms with van der Waals surface area (Å²) >= 11 is 0.